The Hall–Kier alpha value is -3.51. The fourth-order valence-electron chi connectivity index (χ4n) is 4.02. The molecule has 0 spiro atoms. The number of aromatic nitrogens is 1. The van der Waals surface area contributed by atoms with Crippen molar-refractivity contribution in [3.05, 3.63) is 78.3 Å². The summed E-state index contributed by atoms with van der Waals surface area (Å²) >= 11 is 12.0. The van der Waals surface area contributed by atoms with Gasteiger partial charge in [0.2, 0.25) is 0 Å². The topological polar surface area (TPSA) is 150 Å². The molecule has 0 unspecified atom stereocenters. The van der Waals surface area contributed by atoms with Crippen LogP contribution in [0.25, 0.3) is 0 Å². The number of anilines is 3. The van der Waals surface area contributed by atoms with Gasteiger partial charge in [0.15, 0.2) is 0 Å². The Morgan fingerprint density at radius 1 is 1.03 bits per heavy atom. The Morgan fingerprint density at radius 3 is 2.29 bits per heavy atom. The van der Waals surface area contributed by atoms with Crippen LogP contribution < -0.4 is 26.8 Å². The highest BCUT2D eigenvalue weighted by Gasteiger charge is 2.27. The number of carboxylic acids is 1. The Balaban J connectivity index is 1.37. The summed E-state index contributed by atoms with van der Waals surface area (Å²) in [5, 5.41) is 18.3. The molecular formula is C25H25Cl2N5O6. The van der Waals surface area contributed by atoms with Crippen molar-refractivity contribution in [3.63, 3.8) is 0 Å². The molecule has 0 aliphatic carbocycles. The van der Waals surface area contributed by atoms with Crippen molar-refractivity contribution in [3.8, 4) is 0 Å². The van der Waals surface area contributed by atoms with E-state index in [1.165, 1.54) is 12.4 Å². The van der Waals surface area contributed by atoms with E-state index in [1.807, 2.05) is 0 Å². The van der Waals surface area contributed by atoms with Gasteiger partial charge in [-0.15, -0.1) is 0 Å². The number of nitrogens with zero attached hydrogens (tertiary/aromatic N) is 2. The molecule has 1 aromatic heterocycles. The lowest BCUT2D eigenvalue weighted by atomic mass is 10.0. The second-order valence-corrected chi connectivity index (χ2v) is 9.47. The smallest absolute Gasteiger partial charge is 0.326 e. The van der Waals surface area contributed by atoms with Crippen LogP contribution in [0.15, 0.2) is 46.2 Å². The first kappa shape index (κ1) is 27.5. The first-order valence-electron chi connectivity index (χ1n) is 11.8. The fraction of sp³-hybridized carbons (Fsp3) is 0.320. The van der Waals surface area contributed by atoms with Gasteiger partial charge < -0.3 is 25.8 Å². The Labute approximate surface area is 227 Å². The van der Waals surface area contributed by atoms with Gasteiger partial charge in [0, 0.05) is 50.7 Å². The number of amides is 1. The van der Waals surface area contributed by atoms with Gasteiger partial charge in [0.25, 0.3) is 16.8 Å². The summed E-state index contributed by atoms with van der Waals surface area (Å²) in [5.74, 6) is -1.70. The van der Waals surface area contributed by atoms with E-state index < -0.39 is 28.8 Å². The zero-order valence-electron chi connectivity index (χ0n) is 20.1. The van der Waals surface area contributed by atoms with E-state index in [0.717, 1.165) is 13.1 Å². The number of carboxylic acid groups (broad SMARTS) is 1. The van der Waals surface area contributed by atoms with Crippen LogP contribution in [0.5, 0.6) is 0 Å². The van der Waals surface area contributed by atoms with Crippen LogP contribution in [0.1, 0.15) is 15.9 Å². The van der Waals surface area contributed by atoms with Crippen molar-refractivity contribution in [1.82, 2.24) is 9.88 Å². The Morgan fingerprint density at radius 2 is 1.66 bits per heavy atom. The third kappa shape index (κ3) is 6.48. The molecule has 0 radical (unpaired) electrons. The van der Waals surface area contributed by atoms with E-state index in [0.29, 0.717) is 37.6 Å². The van der Waals surface area contributed by atoms with Gasteiger partial charge in [-0.05, 0) is 17.7 Å². The van der Waals surface area contributed by atoms with Crippen LogP contribution in [0, 0.1) is 0 Å². The van der Waals surface area contributed by atoms with E-state index >= 15 is 0 Å². The molecule has 1 amide bonds. The largest absolute Gasteiger partial charge is 0.480 e. The van der Waals surface area contributed by atoms with Gasteiger partial charge in [0.1, 0.15) is 17.4 Å². The molecule has 1 fully saturated rings. The van der Waals surface area contributed by atoms with Crippen molar-refractivity contribution >= 4 is 52.1 Å². The minimum Gasteiger partial charge on any atom is -0.480 e. The molecule has 3 aromatic rings. The van der Waals surface area contributed by atoms with E-state index in [4.69, 9.17) is 27.9 Å². The minimum atomic E-state index is -1.18. The van der Waals surface area contributed by atoms with Crippen LogP contribution >= 0.6 is 23.2 Å². The molecule has 1 atom stereocenters. The minimum absolute atomic E-state index is 0.0254. The highest BCUT2D eigenvalue weighted by molar-refractivity contribution is 6.40. The molecule has 38 heavy (non-hydrogen) atoms. The molecule has 2 heterocycles. The molecule has 0 bridgehead atoms. The predicted molar refractivity (Wildman–Crippen MR) is 145 cm³/mol. The summed E-state index contributed by atoms with van der Waals surface area (Å²) in [6.07, 6.45) is 2.65. The number of carbonyl (C=O) groups excluding carboxylic acids is 1. The lowest BCUT2D eigenvalue weighted by Crippen LogP contribution is -2.44. The molecule has 2 aromatic carbocycles. The Bertz CT molecular complexity index is 1360. The molecule has 1 aliphatic rings. The van der Waals surface area contributed by atoms with Gasteiger partial charge >= 0.3 is 5.97 Å². The van der Waals surface area contributed by atoms with Gasteiger partial charge in [-0.2, -0.15) is 0 Å². The highest BCUT2D eigenvalue weighted by Crippen LogP contribution is 2.24. The van der Waals surface area contributed by atoms with E-state index in [-0.39, 0.29) is 33.4 Å². The van der Waals surface area contributed by atoms with Crippen molar-refractivity contribution in [2.24, 2.45) is 0 Å². The molecular weight excluding hydrogens is 537 g/mol. The zero-order valence-corrected chi connectivity index (χ0v) is 21.6. The molecule has 1 aliphatic heterocycles. The molecule has 0 saturated carbocycles. The maximum Gasteiger partial charge on any atom is 0.326 e. The first-order valence-corrected chi connectivity index (χ1v) is 12.6. The molecule has 200 valence electrons. The number of ether oxygens (including phenoxy) is 1. The molecule has 4 N–H and O–H groups in total. The van der Waals surface area contributed by atoms with Crippen LogP contribution in [0.3, 0.4) is 0 Å². The van der Waals surface area contributed by atoms with Crippen LogP contribution in [-0.4, -0.2) is 72.3 Å². The number of halogens is 2. The number of benzene rings is 1. The van der Waals surface area contributed by atoms with Gasteiger partial charge in [0.05, 0.1) is 28.8 Å². The summed E-state index contributed by atoms with van der Waals surface area (Å²) in [6.45, 7) is 3.95. The van der Waals surface area contributed by atoms with Gasteiger partial charge in [-0.1, -0.05) is 35.3 Å². The predicted octanol–water partition coefficient (Wildman–Crippen LogP) is 2.09. The monoisotopic (exact) mass is 561 g/mol. The number of rotatable bonds is 11. The summed E-state index contributed by atoms with van der Waals surface area (Å²) in [5.41, 5.74) is -0.199. The van der Waals surface area contributed by atoms with Crippen molar-refractivity contribution in [1.29, 1.82) is 0 Å². The maximum absolute atomic E-state index is 12.5. The Kier molecular flexibility index (Phi) is 8.95. The third-order valence-electron chi connectivity index (χ3n) is 6.09. The summed E-state index contributed by atoms with van der Waals surface area (Å²) in [4.78, 5) is 54.7. The molecule has 13 heteroatoms. The van der Waals surface area contributed by atoms with E-state index in [2.05, 4.69) is 25.8 Å². The van der Waals surface area contributed by atoms with Crippen molar-refractivity contribution in [2.75, 3.05) is 55.3 Å². The maximum atomic E-state index is 12.5. The average molecular weight is 562 g/mol. The summed E-state index contributed by atoms with van der Waals surface area (Å²) < 4.78 is 5.31. The first-order chi connectivity index (χ1) is 18.2. The number of carbonyl (C=O) groups is 2. The quantitative estimate of drug-likeness (QED) is 0.256. The van der Waals surface area contributed by atoms with E-state index in [1.54, 1.807) is 24.3 Å². The molecule has 11 nitrogen and oxygen atoms in total. The summed E-state index contributed by atoms with van der Waals surface area (Å²) in [7, 11) is 0. The zero-order chi connectivity index (χ0) is 27.2. The number of morpholine rings is 1. The number of aliphatic carboxylic acids is 1. The lowest BCUT2D eigenvalue weighted by molar-refractivity contribution is -0.137. The summed E-state index contributed by atoms with van der Waals surface area (Å²) in [6, 6.07) is 5.34. The van der Waals surface area contributed by atoms with Crippen molar-refractivity contribution in [2.45, 2.75) is 12.5 Å². The SMILES string of the molecule is O=C(Nc1ccc(C[C@H](Nc2c(NCCN3CCOCC3)c(=O)c2=O)C(=O)O)cc1)c1c(Cl)cncc1Cl. The van der Waals surface area contributed by atoms with Crippen molar-refractivity contribution < 1.29 is 19.4 Å². The average Bonchev–Trinajstić information content (AvgIpc) is 2.90. The fourth-order valence-corrected chi connectivity index (χ4v) is 4.55. The highest BCUT2D eigenvalue weighted by atomic mass is 35.5. The van der Waals surface area contributed by atoms with Gasteiger partial charge in [-0.3, -0.25) is 24.3 Å². The number of pyridine rings is 1. The second-order valence-electron chi connectivity index (χ2n) is 8.66. The number of nitrogens with one attached hydrogen (secondary N) is 3. The molecule has 1 saturated heterocycles. The van der Waals surface area contributed by atoms with Crippen LogP contribution in [0.4, 0.5) is 17.1 Å². The standard InChI is InChI=1S/C25H25Cl2N5O6/c26-16-12-28-13-17(27)19(16)24(35)30-15-3-1-14(2-4-15)11-18(25(36)37)31-21-20(22(33)23(21)34)29-5-6-32-7-9-38-10-8-32/h1-4,12-13,18,29,31H,5-11H2,(H,30,35)(H,36,37)/t18-/m0/s1. The molecule has 4 rings (SSSR count). The third-order valence-corrected chi connectivity index (χ3v) is 6.67. The van der Waals surface area contributed by atoms with Gasteiger partial charge in [-0.25, -0.2) is 4.79 Å². The normalized spacial score (nSPS) is 14.7. The lowest BCUT2D eigenvalue weighted by Gasteiger charge is -2.27. The number of hydrogen-bond acceptors (Lipinski definition) is 9. The number of hydrogen-bond donors (Lipinski definition) is 4. The van der Waals surface area contributed by atoms with E-state index in [9.17, 15) is 24.3 Å². The van der Waals surface area contributed by atoms with Crippen LogP contribution in [-0.2, 0) is 16.0 Å². The second kappa shape index (κ2) is 12.4. The van der Waals surface area contributed by atoms with Crippen LogP contribution in [0.2, 0.25) is 10.0 Å².